The predicted octanol–water partition coefficient (Wildman–Crippen LogP) is 4.96. The summed E-state index contributed by atoms with van der Waals surface area (Å²) in [5, 5.41) is 9.42. The Bertz CT molecular complexity index is 1440. The van der Waals surface area contributed by atoms with E-state index in [9.17, 15) is 4.79 Å². The van der Waals surface area contributed by atoms with E-state index in [-0.39, 0.29) is 5.91 Å². The number of methoxy groups -OCH3 is 1. The van der Waals surface area contributed by atoms with E-state index in [1.54, 1.807) is 24.2 Å². The molecule has 1 amide bonds. The smallest absolute Gasteiger partial charge is 0.224 e. The second kappa shape index (κ2) is 9.58. The Morgan fingerprint density at radius 1 is 0.971 bits per heavy atom. The van der Waals surface area contributed by atoms with Gasteiger partial charge in [0.2, 0.25) is 5.91 Å². The molecular formula is C28H24N4O2. The number of benzene rings is 3. The topological polar surface area (TPSA) is 69.0 Å². The van der Waals surface area contributed by atoms with Gasteiger partial charge in [0.1, 0.15) is 5.75 Å². The van der Waals surface area contributed by atoms with Gasteiger partial charge >= 0.3 is 0 Å². The number of amides is 1. The molecule has 0 saturated carbocycles. The first-order valence-corrected chi connectivity index (χ1v) is 11.1. The third kappa shape index (κ3) is 4.52. The van der Waals surface area contributed by atoms with Gasteiger partial charge in [0.05, 0.1) is 19.2 Å². The lowest BCUT2D eigenvalue weighted by atomic mass is 9.96. The highest BCUT2D eigenvalue weighted by Gasteiger charge is 2.11. The normalized spacial score (nSPS) is 10.9. The monoisotopic (exact) mass is 448 g/mol. The predicted molar refractivity (Wildman–Crippen MR) is 133 cm³/mol. The van der Waals surface area contributed by atoms with Gasteiger partial charge in [-0.2, -0.15) is 5.10 Å². The standard InChI is InChI=1S/C28H24N4O2/c1-34-24-8-3-6-21(17-24)25-10-9-22(27-19-29-13-11-26(25)27)18-30-28(33)16-20-5-2-7-23(15-20)32-14-4-12-31-32/h2-15,17,19H,16,18H2,1H3,(H,30,33). The quantitative estimate of drug-likeness (QED) is 0.382. The summed E-state index contributed by atoms with van der Waals surface area (Å²) in [5.74, 6) is 0.777. The molecule has 0 aliphatic carbocycles. The van der Waals surface area contributed by atoms with Crippen molar-refractivity contribution in [2.75, 3.05) is 7.11 Å². The van der Waals surface area contributed by atoms with E-state index in [1.807, 2.05) is 67.0 Å². The molecule has 6 heteroatoms. The zero-order valence-electron chi connectivity index (χ0n) is 18.8. The Labute approximate surface area is 197 Å². The molecule has 0 aliphatic heterocycles. The minimum absolute atomic E-state index is 0.0356. The number of nitrogens with one attached hydrogen (secondary N) is 1. The van der Waals surface area contributed by atoms with Crippen LogP contribution in [0.5, 0.6) is 5.75 Å². The lowest BCUT2D eigenvalue weighted by molar-refractivity contribution is -0.120. The van der Waals surface area contributed by atoms with Crippen molar-refractivity contribution >= 4 is 16.7 Å². The highest BCUT2D eigenvalue weighted by molar-refractivity contribution is 5.98. The van der Waals surface area contributed by atoms with Gasteiger partial charge in [-0.3, -0.25) is 9.78 Å². The van der Waals surface area contributed by atoms with Gasteiger partial charge in [0.25, 0.3) is 0 Å². The second-order valence-corrected chi connectivity index (χ2v) is 8.00. The molecule has 0 spiro atoms. The fourth-order valence-electron chi connectivity index (χ4n) is 4.12. The number of pyridine rings is 1. The number of rotatable bonds is 7. The van der Waals surface area contributed by atoms with Gasteiger partial charge in [-0.05, 0) is 64.0 Å². The fraction of sp³-hybridized carbons (Fsp3) is 0.107. The van der Waals surface area contributed by atoms with Crippen molar-refractivity contribution in [3.05, 3.63) is 109 Å². The Kier molecular flexibility index (Phi) is 6.03. The summed E-state index contributed by atoms with van der Waals surface area (Å²) in [7, 11) is 1.67. The van der Waals surface area contributed by atoms with Crippen molar-refractivity contribution in [1.29, 1.82) is 0 Å². The minimum atomic E-state index is -0.0356. The van der Waals surface area contributed by atoms with Gasteiger partial charge in [-0.15, -0.1) is 0 Å². The summed E-state index contributed by atoms with van der Waals surface area (Å²) in [6.07, 6.45) is 7.56. The van der Waals surface area contributed by atoms with Crippen molar-refractivity contribution in [1.82, 2.24) is 20.1 Å². The number of carbonyl (C=O) groups excluding carboxylic acids is 1. The largest absolute Gasteiger partial charge is 0.497 e. The van der Waals surface area contributed by atoms with E-state index in [1.165, 1.54) is 0 Å². The van der Waals surface area contributed by atoms with Crippen LogP contribution in [0.1, 0.15) is 11.1 Å². The molecule has 0 atom stereocenters. The van der Waals surface area contributed by atoms with Crippen LogP contribution < -0.4 is 10.1 Å². The van der Waals surface area contributed by atoms with Crippen LogP contribution in [0.2, 0.25) is 0 Å². The fourth-order valence-corrected chi connectivity index (χ4v) is 4.12. The summed E-state index contributed by atoms with van der Waals surface area (Å²) < 4.78 is 7.17. The zero-order valence-corrected chi connectivity index (χ0v) is 18.8. The third-order valence-electron chi connectivity index (χ3n) is 5.81. The Balaban J connectivity index is 1.34. The third-order valence-corrected chi connectivity index (χ3v) is 5.81. The van der Waals surface area contributed by atoms with Crippen LogP contribution in [0.4, 0.5) is 0 Å². The Hall–Kier alpha value is -4.45. The van der Waals surface area contributed by atoms with Gasteiger partial charge < -0.3 is 10.1 Å². The van der Waals surface area contributed by atoms with Crippen LogP contribution in [0, 0.1) is 0 Å². The van der Waals surface area contributed by atoms with Crippen molar-refractivity contribution in [2.45, 2.75) is 13.0 Å². The van der Waals surface area contributed by atoms with E-state index < -0.39 is 0 Å². The maximum atomic E-state index is 12.7. The van der Waals surface area contributed by atoms with Gasteiger partial charge in [-0.25, -0.2) is 4.68 Å². The van der Waals surface area contributed by atoms with Crippen molar-refractivity contribution in [2.24, 2.45) is 0 Å². The summed E-state index contributed by atoms with van der Waals surface area (Å²) in [5.41, 5.74) is 5.06. The van der Waals surface area contributed by atoms with Crippen LogP contribution in [-0.4, -0.2) is 27.8 Å². The van der Waals surface area contributed by atoms with Gasteiger partial charge in [0, 0.05) is 36.7 Å². The van der Waals surface area contributed by atoms with Crippen molar-refractivity contribution in [3.8, 4) is 22.6 Å². The number of nitrogens with zero attached hydrogens (tertiary/aromatic N) is 3. The molecular weight excluding hydrogens is 424 g/mol. The van der Waals surface area contributed by atoms with Crippen molar-refractivity contribution < 1.29 is 9.53 Å². The van der Waals surface area contributed by atoms with Crippen LogP contribution in [0.25, 0.3) is 27.6 Å². The molecule has 5 rings (SSSR count). The maximum Gasteiger partial charge on any atom is 0.224 e. The molecule has 1 N–H and O–H groups in total. The molecule has 6 nitrogen and oxygen atoms in total. The number of fused-ring (bicyclic) bond motifs is 1. The number of hydrogen-bond acceptors (Lipinski definition) is 4. The van der Waals surface area contributed by atoms with Gasteiger partial charge in [0.15, 0.2) is 0 Å². The molecule has 2 heterocycles. The SMILES string of the molecule is COc1cccc(-c2ccc(CNC(=O)Cc3cccc(-n4cccn4)c3)c3cnccc23)c1. The summed E-state index contributed by atoms with van der Waals surface area (Å²) in [4.78, 5) is 17.0. The lowest BCUT2D eigenvalue weighted by Gasteiger charge is -2.13. The lowest BCUT2D eigenvalue weighted by Crippen LogP contribution is -2.24. The average Bonchev–Trinajstić information content (AvgIpc) is 3.43. The summed E-state index contributed by atoms with van der Waals surface area (Å²) >= 11 is 0. The highest BCUT2D eigenvalue weighted by atomic mass is 16.5. The zero-order chi connectivity index (χ0) is 23.3. The molecule has 0 fully saturated rings. The van der Waals surface area contributed by atoms with Crippen molar-refractivity contribution in [3.63, 3.8) is 0 Å². The number of carbonyl (C=O) groups is 1. The van der Waals surface area contributed by atoms with E-state index in [4.69, 9.17) is 4.74 Å². The molecule has 0 aliphatic rings. The van der Waals surface area contributed by atoms with Crippen LogP contribution in [0.15, 0.2) is 97.6 Å². The average molecular weight is 449 g/mol. The first-order valence-electron chi connectivity index (χ1n) is 11.1. The Morgan fingerprint density at radius 3 is 2.74 bits per heavy atom. The minimum Gasteiger partial charge on any atom is -0.497 e. The molecule has 0 radical (unpaired) electrons. The molecule has 0 unspecified atom stereocenters. The van der Waals surface area contributed by atoms with Gasteiger partial charge in [-0.1, -0.05) is 36.4 Å². The maximum absolute atomic E-state index is 12.7. The van der Waals surface area contributed by atoms with Crippen LogP contribution in [-0.2, 0) is 17.8 Å². The first kappa shape index (κ1) is 21.4. The Morgan fingerprint density at radius 2 is 1.88 bits per heavy atom. The summed E-state index contributed by atoms with van der Waals surface area (Å²) in [6, 6.07) is 23.9. The van der Waals surface area contributed by atoms with Crippen LogP contribution >= 0.6 is 0 Å². The molecule has 168 valence electrons. The molecule has 34 heavy (non-hydrogen) atoms. The van der Waals surface area contributed by atoms with E-state index >= 15 is 0 Å². The molecule has 0 saturated heterocycles. The van der Waals surface area contributed by atoms with E-state index in [0.29, 0.717) is 13.0 Å². The second-order valence-electron chi connectivity index (χ2n) is 8.00. The molecule has 5 aromatic rings. The molecule has 2 aromatic heterocycles. The molecule has 3 aromatic carbocycles. The number of ether oxygens (including phenoxy) is 1. The summed E-state index contributed by atoms with van der Waals surface area (Å²) in [6.45, 7) is 0.429. The highest BCUT2D eigenvalue weighted by Crippen LogP contribution is 2.32. The van der Waals surface area contributed by atoms with E-state index in [0.717, 1.165) is 44.5 Å². The number of aromatic nitrogens is 3. The van der Waals surface area contributed by atoms with E-state index in [2.05, 4.69) is 33.6 Å². The molecule has 0 bridgehead atoms. The van der Waals surface area contributed by atoms with Crippen LogP contribution in [0.3, 0.4) is 0 Å². The first-order chi connectivity index (χ1) is 16.7. The number of hydrogen-bond donors (Lipinski definition) is 1.